The van der Waals surface area contributed by atoms with Crippen molar-refractivity contribution in [2.45, 2.75) is 265 Å². The van der Waals surface area contributed by atoms with Crippen molar-refractivity contribution in [1.82, 2.24) is 10.6 Å². The molecule has 26 heteroatoms. The third-order valence-corrected chi connectivity index (χ3v) is 21.1. The topological polar surface area (TPSA) is 341 Å². The molecule has 10 fully saturated rings. The lowest BCUT2D eigenvalue weighted by atomic mass is 9.81. The molecule has 10 saturated heterocycles. The van der Waals surface area contributed by atoms with Crippen molar-refractivity contribution in [3.63, 3.8) is 0 Å². The Labute approximate surface area is 569 Å². The standard InChI is InChI=1S/C71H104N6O20/c1-40(2)52(34-47(79)20-24-86-26-28-88-29-27-87-25-23-75-77-73)69(83)76-54(8-7-22-74-70(72)84)55(81)32-44-9-11-45(12-10-44)39-89-62(82)18-13-46(78)36-60-63(85-6)53-35-48(80)33-50-15-17-57-64(92-50)68-67-66(94-57)65-61(95-67)38-71(96-65,97-68)21-19-51-31-42(4)56(90-51)16-14-49-30-41(3)43(5)58(91-49)37-59(53)93-60/h9-12,40-41,46,49-54,56-61,63-68,78H,4-5,7-8,13-39H2,1-3,6H3,(H,76,83)(H3,72,74,84)/t41?,46-,49+,50?,51+,52+,53+,54+,56?,57+,58?,59+,60-,61?,63-,64+,65?,66+,67-,68+,71+/m1/s1. The summed E-state index contributed by atoms with van der Waals surface area (Å²) in [7, 11) is 1.60. The molecule has 0 saturated carbocycles. The minimum absolute atomic E-state index is 0.0135. The molecule has 1 aromatic rings. The SMILES string of the molecule is C=C1C[C@@H]2CC[C@@]34CC5O[C@H]6[C@@H](O3)[C@H]3OC(CC[C@@H]3O[C@H]6C5O4)CC(=O)C[C@@H]3[C@@H](OC)[C@@H](C[C@H](O)CCC(=O)OCc4ccc(CC(=O)[C@H](CCCNC(N)=O)NC(=O)[C@@H](CC(=O)CCOCCOCCOCCN=[N+]=[N-])C(C)C)cc4)O[C@H]3CC3O[C@@H](CCC1O2)CC(C)C3=C. The van der Waals surface area contributed by atoms with Crippen LogP contribution in [0, 0.1) is 23.7 Å². The van der Waals surface area contributed by atoms with E-state index in [2.05, 4.69) is 40.7 Å². The summed E-state index contributed by atoms with van der Waals surface area (Å²) in [5.74, 6) is -3.39. The van der Waals surface area contributed by atoms with Crippen LogP contribution >= 0.6 is 0 Å². The number of aliphatic hydroxyl groups excluding tert-OH is 1. The number of nitrogens with one attached hydrogen (secondary N) is 2. The normalized spacial score (nSPS) is 33.9. The van der Waals surface area contributed by atoms with Crippen LogP contribution in [0.1, 0.15) is 154 Å². The summed E-state index contributed by atoms with van der Waals surface area (Å²) in [4.78, 5) is 82.7. The number of hydrogen-bond donors (Lipinski definition) is 4. The molecule has 12 bridgehead atoms. The fourth-order valence-electron chi connectivity index (χ4n) is 15.9. The van der Waals surface area contributed by atoms with E-state index in [0.29, 0.717) is 76.1 Å². The van der Waals surface area contributed by atoms with Gasteiger partial charge in [0.1, 0.15) is 48.7 Å². The van der Waals surface area contributed by atoms with Crippen LogP contribution in [0.25, 0.3) is 10.4 Å². The van der Waals surface area contributed by atoms with Gasteiger partial charge in [0.05, 0.1) is 113 Å². The van der Waals surface area contributed by atoms with Crippen molar-refractivity contribution in [3.05, 3.63) is 70.1 Å². The monoisotopic (exact) mass is 1360 g/mol. The number of benzene rings is 1. The first-order valence-electron chi connectivity index (χ1n) is 35.5. The van der Waals surface area contributed by atoms with E-state index in [1.54, 1.807) is 31.4 Å². The average molecular weight is 1360 g/mol. The Morgan fingerprint density at radius 1 is 0.773 bits per heavy atom. The number of esters is 1. The van der Waals surface area contributed by atoms with Gasteiger partial charge in [-0.2, -0.15) is 0 Å². The lowest BCUT2D eigenvalue weighted by Gasteiger charge is -2.47. The Bertz CT molecular complexity index is 2910. The fraction of sp³-hybridized carbons (Fsp3) is 0.775. The summed E-state index contributed by atoms with van der Waals surface area (Å²) in [5, 5.41) is 20.4. The summed E-state index contributed by atoms with van der Waals surface area (Å²) in [5.41, 5.74) is 17.0. The van der Waals surface area contributed by atoms with Gasteiger partial charge in [-0.15, -0.1) is 0 Å². The second-order valence-electron chi connectivity index (χ2n) is 28.5. The molecule has 3 amide bonds. The number of primary amides is 1. The number of amides is 3. The second-order valence-corrected chi connectivity index (χ2v) is 28.5. The largest absolute Gasteiger partial charge is 0.461 e. The minimum Gasteiger partial charge on any atom is -0.461 e. The third kappa shape index (κ3) is 20.0. The summed E-state index contributed by atoms with van der Waals surface area (Å²) in [6, 6.07) is 5.35. The average Bonchev–Trinajstić information content (AvgIpc) is 1.55. The van der Waals surface area contributed by atoms with E-state index in [0.717, 1.165) is 43.3 Å². The molecule has 97 heavy (non-hydrogen) atoms. The van der Waals surface area contributed by atoms with Gasteiger partial charge in [-0.25, -0.2) is 4.79 Å². The number of ketones is 3. The van der Waals surface area contributed by atoms with Gasteiger partial charge >= 0.3 is 12.0 Å². The maximum Gasteiger partial charge on any atom is 0.312 e. The molecule has 538 valence electrons. The minimum atomic E-state index is -0.978. The van der Waals surface area contributed by atoms with E-state index >= 15 is 0 Å². The molecule has 10 aliphatic rings. The Kier molecular flexibility index (Phi) is 27.1. The molecule has 11 rings (SSSR count). The highest BCUT2D eigenvalue weighted by atomic mass is 16.8. The molecule has 26 nitrogen and oxygen atoms in total. The summed E-state index contributed by atoms with van der Waals surface area (Å²) in [6.45, 7) is 16.9. The van der Waals surface area contributed by atoms with Gasteiger partial charge in [0.25, 0.3) is 0 Å². The number of ether oxygens (including phenoxy) is 13. The van der Waals surface area contributed by atoms with Gasteiger partial charge in [-0.1, -0.05) is 63.3 Å². The number of nitrogens with two attached hydrogens (primary N) is 1. The molecule has 0 radical (unpaired) electrons. The number of Topliss-reactive ketones (excluding diaryl/α,β-unsaturated/α-hetero) is 3. The first-order chi connectivity index (χ1) is 46.7. The van der Waals surface area contributed by atoms with Crippen molar-refractivity contribution in [2.75, 3.05) is 59.8 Å². The number of urea groups is 1. The van der Waals surface area contributed by atoms with Gasteiger partial charge in [-0.3, -0.25) is 24.0 Å². The van der Waals surface area contributed by atoms with Crippen LogP contribution in [0.15, 0.2) is 53.7 Å². The number of fused-ring (bicyclic) bond motifs is 6. The predicted molar refractivity (Wildman–Crippen MR) is 349 cm³/mol. The van der Waals surface area contributed by atoms with Gasteiger partial charge in [0, 0.05) is 101 Å². The van der Waals surface area contributed by atoms with Gasteiger partial charge in [0.2, 0.25) is 5.91 Å². The molecule has 5 N–H and O–H groups in total. The van der Waals surface area contributed by atoms with Crippen molar-refractivity contribution < 1.29 is 95.5 Å². The van der Waals surface area contributed by atoms with Crippen LogP contribution in [0.4, 0.5) is 4.79 Å². The third-order valence-electron chi connectivity index (χ3n) is 21.1. The molecule has 6 unspecified atom stereocenters. The lowest BCUT2D eigenvalue weighted by Crippen LogP contribution is -2.61. The maximum atomic E-state index is 14.6. The quantitative estimate of drug-likeness (QED) is 0.0140. The van der Waals surface area contributed by atoms with E-state index in [9.17, 15) is 33.9 Å². The summed E-state index contributed by atoms with van der Waals surface area (Å²) >= 11 is 0. The predicted octanol–water partition coefficient (Wildman–Crippen LogP) is 7.03. The van der Waals surface area contributed by atoms with Gasteiger partial charge < -0.3 is 83.1 Å². The van der Waals surface area contributed by atoms with Crippen LogP contribution in [-0.2, 0) is 98.6 Å². The highest BCUT2D eigenvalue weighted by Crippen LogP contribution is 2.55. The van der Waals surface area contributed by atoms with Gasteiger partial charge in [-0.05, 0) is 104 Å². The van der Waals surface area contributed by atoms with Crippen LogP contribution in [0.2, 0.25) is 0 Å². The highest BCUT2D eigenvalue weighted by Gasteiger charge is 2.69. The van der Waals surface area contributed by atoms with Crippen molar-refractivity contribution in [1.29, 1.82) is 0 Å². The first-order valence-corrected chi connectivity index (χ1v) is 35.5. The summed E-state index contributed by atoms with van der Waals surface area (Å²) in [6.07, 6.45) is 2.41. The zero-order chi connectivity index (χ0) is 68.8. The number of aliphatic hydroxyl groups is 1. The maximum absolute atomic E-state index is 14.6. The van der Waals surface area contributed by atoms with Crippen LogP contribution in [0.3, 0.4) is 0 Å². The van der Waals surface area contributed by atoms with Crippen LogP contribution in [0.5, 0.6) is 0 Å². The Balaban J connectivity index is 0.706. The van der Waals surface area contributed by atoms with E-state index in [-0.39, 0.29) is 181 Å². The second kappa shape index (κ2) is 35.3. The first kappa shape index (κ1) is 74.4. The number of azide groups is 1. The number of methoxy groups -OCH3 is 1. The molecular weight excluding hydrogens is 1260 g/mol. The molecule has 1 aromatic carbocycles. The highest BCUT2D eigenvalue weighted by molar-refractivity contribution is 5.93. The zero-order valence-corrected chi connectivity index (χ0v) is 57.0. The van der Waals surface area contributed by atoms with E-state index in [1.165, 1.54) is 0 Å². The Morgan fingerprint density at radius 3 is 2.23 bits per heavy atom. The van der Waals surface area contributed by atoms with E-state index < -0.39 is 78.2 Å². The van der Waals surface area contributed by atoms with Gasteiger partial charge in [0.15, 0.2) is 11.6 Å². The molecule has 21 atom stereocenters. The lowest BCUT2D eigenvalue weighted by molar-refractivity contribution is -0.292. The molecule has 1 spiro atoms. The van der Waals surface area contributed by atoms with Crippen molar-refractivity contribution >= 4 is 35.3 Å². The molecule has 10 heterocycles. The van der Waals surface area contributed by atoms with Crippen molar-refractivity contribution in [2.24, 2.45) is 34.5 Å². The molecule has 10 aliphatic heterocycles. The molecule has 0 aromatic heterocycles. The Morgan fingerprint density at radius 2 is 1.47 bits per heavy atom. The Hall–Kier alpha value is -5.29. The molecule has 0 aliphatic carbocycles. The molecular formula is C71H104N6O20. The van der Waals surface area contributed by atoms with E-state index in [4.69, 9.17) is 72.8 Å². The number of hydrogen-bond acceptors (Lipinski definition) is 21. The van der Waals surface area contributed by atoms with Crippen molar-refractivity contribution in [3.8, 4) is 0 Å². The number of carbonyl (C=O) groups excluding carboxylic acids is 6. The number of rotatable bonds is 32. The van der Waals surface area contributed by atoms with E-state index in [1.807, 2.05) is 13.8 Å². The number of nitrogens with zero attached hydrogens (tertiary/aromatic N) is 3. The zero-order valence-electron chi connectivity index (χ0n) is 57.0. The fourth-order valence-corrected chi connectivity index (χ4v) is 15.9. The van der Waals surface area contributed by atoms with Crippen LogP contribution < -0.4 is 16.4 Å². The number of carbonyl (C=O) groups is 6. The van der Waals surface area contributed by atoms with Crippen LogP contribution in [-0.4, -0.2) is 210 Å². The smallest absolute Gasteiger partial charge is 0.312 e. The summed E-state index contributed by atoms with van der Waals surface area (Å²) < 4.78 is 82.9.